The van der Waals surface area contributed by atoms with E-state index in [1.807, 2.05) is 36.4 Å². The number of carboxylic acids is 1. The van der Waals surface area contributed by atoms with Gasteiger partial charge in [0.05, 0.1) is 25.0 Å². The van der Waals surface area contributed by atoms with Crippen molar-refractivity contribution in [2.75, 3.05) is 10.6 Å². The summed E-state index contributed by atoms with van der Waals surface area (Å²) < 4.78 is 0. The fourth-order valence-corrected chi connectivity index (χ4v) is 7.81. The highest BCUT2D eigenvalue weighted by atomic mass is 16.4. The number of hydrogen-bond acceptors (Lipinski definition) is 9. The molecule has 0 saturated heterocycles. The van der Waals surface area contributed by atoms with Gasteiger partial charge in [-0.05, 0) is 84.0 Å². The van der Waals surface area contributed by atoms with Gasteiger partial charge in [-0.15, -0.1) is 9.97 Å². The van der Waals surface area contributed by atoms with Gasteiger partial charge in [0.25, 0.3) is 17.5 Å². The summed E-state index contributed by atoms with van der Waals surface area (Å²) in [5.41, 5.74) is 10.6. The quantitative estimate of drug-likeness (QED) is 0.0551. The summed E-state index contributed by atoms with van der Waals surface area (Å²) in [5, 5.41) is 11.4. The lowest BCUT2D eigenvalue weighted by molar-refractivity contribution is -0.123. The zero-order valence-corrected chi connectivity index (χ0v) is 42.5. The van der Waals surface area contributed by atoms with Crippen molar-refractivity contribution in [2.45, 2.75) is 135 Å². The summed E-state index contributed by atoms with van der Waals surface area (Å²) in [4.78, 5) is 80.3. The predicted molar refractivity (Wildman–Crippen MR) is 283 cm³/mol. The minimum atomic E-state index is -1.08. The Hall–Kier alpha value is -8.49. The molecule has 2 aliphatic carbocycles. The molecule has 73 heavy (non-hydrogen) atoms. The molecule has 2 aromatic carbocycles. The highest BCUT2D eigenvalue weighted by Gasteiger charge is 2.37. The molecule has 0 radical (unpaired) electrons. The van der Waals surface area contributed by atoms with Crippen LogP contribution in [0.3, 0.4) is 0 Å². The molecule has 4 heterocycles. The molecule has 1 unspecified atom stereocenters. The average molecular weight is 987 g/mol. The number of nitrogens with two attached hydrogens (primary N) is 1. The molecule has 6 aromatic rings. The van der Waals surface area contributed by atoms with Crippen LogP contribution >= 0.6 is 0 Å². The number of imidazole rings is 2. The van der Waals surface area contributed by atoms with Crippen LogP contribution < -0.4 is 16.0 Å². The van der Waals surface area contributed by atoms with E-state index in [0.717, 1.165) is 56.2 Å². The molecule has 2 fully saturated rings. The van der Waals surface area contributed by atoms with E-state index < -0.39 is 17.9 Å². The van der Waals surface area contributed by atoms with E-state index in [1.165, 1.54) is 67.2 Å². The van der Waals surface area contributed by atoms with Crippen molar-refractivity contribution < 1.29 is 24.3 Å². The largest absolute Gasteiger partial charge is 0.477 e. The zero-order chi connectivity index (χ0) is 53.4. The normalized spacial score (nSPS) is 13.7. The van der Waals surface area contributed by atoms with Crippen LogP contribution in [-0.4, -0.2) is 71.2 Å². The Morgan fingerprint density at radius 3 is 1.67 bits per heavy atom. The maximum Gasteiger partial charge on any atom is 0.353 e. The van der Waals surface area contributed by atoms with Crippen molar-refractivity contribution >= 4 is 47.1 Å². The van der Waals surface area contributed by atoms with Crippen molar-refractivity contribution in [3.05, 3.63) is 178 Å². The van der Waals surface area contributed by atoms with Gasteiger partial charge < -0.3 is 40.7 Å². The zero-order valence-electron chi connectivity index (χ0n) is 42.5. The Morgan fingerprint density at radius 2 is 1.23 bits per heavy atom. The first-order chi connectivity index (χ1) is 34.9. The number of rotatable bonds is 8. The molecule has 8 rings (SSSR count). The first-order valence-corrected chi connectivity index (χ1v) is 24.2. The van der Waals surface area contributed by atoms with Crippen LogP contribution in [0, 0.1) is 19.7 Å². The van der Waals surface area contributed by atoms with Crippen molar-refractivity contribution in [1.82, 2.24) is 35.2 Å². The van der Waals surface area contributed by atoms with Crippen LogP contribution in [0.1, 0.15) is 160 Å². The number of nitrogens with zero attached hydrogens (tertiary/aromatic N) is 8. The standard InChI is InChI=1S/C28H32N6O2.C10H15N.C7H4N2O.C7H11N.C4H4N2O2/c1-28(2,3)19-12-14-21(15-13-19)34(27(36)23-17-30-18-32-23)24(22-11-8-16-31-25(22)29-4)26(35)33-20-9-6-5-7-10-20;1-10(2,3)8-4-6-9(11)7-5-8;1-8-7-6(5-10)3-2-4-9-7;1-8-7-5-3-2-4-6-7;7-4(8)3-1-5-2-6-3/h8,11-18,20,24H,5-7,9-10H2,1-3H3,(H,30,32)(H,33,35);4-7H,11H2,1-3H3;2-5H;7H,2-6H2;1-2H,(H,5,6)(H,7,8). The van der Waals surface area contributed by atoms with Crippen molar-refractivity contribution in [3.63, 3.8) is 0 Å². The van der Waals surface area contributed by atoms with E-state index in [9.17, 15) is 19.2 Å². The van der Waals surface area contributed by atoms with E-state index in [2.05, 4.69) is 103 Å². The van der Waals surface area contributed by atoms with Gasteiger partial charge in [0, 0.05) is 41.4 Å². The first kappa shape index (κ1) is 57.1. The van der Waals surface area contributed by atoms with Crippen LogP contribution in [0.15, 0.2) is 110 Å². The van der Waals surface area contributed by atoms with Crippen LogP contribution in [0.2, 0.25) is 0 Å². The molecule has 4 aromatic heterocycles. The summed E-state index contributed by atoms with van der Waals surface area (Å²) in [6.45, 7) is 33.9. The number of aromatic nitrogens is 6. The third kappa shape index (κ3) is 18.0. The molecule has 0 aliphatic heterocycles. The Morgan fingerprint density at radius 1 is 0.726 bits per heavy atom. The van der Waals surface area contributed by atoms with Gasteiger partial charge in [0.2, 0.25) is 11.9 Å². The smallest absolute Gasteiger partial charge is 0.353 e. The molecule has 2 aliphatic rings. The number of nitrogen functional groups attached to an aromatic ring is 1. The summed E-state index contributed by atoms with van der Waals surface area (Å²) in [6.07, 6.45) is 20.4. The van der Waals surface area contributed by atoms with Crippen molar-refractivity contribution in [3.8, 4) is 0 Å². The number of anilines is 2. The highest BCUT2D eigenvalue weighted by Crippen LogP contribution is 2.35. The Kier molecular flexibility index (Phi) is 22.2. The monoisotopic (exact) mass is 987 g/mol. The first-order valence-electron chi connectivity index (χ1n) is 24.2. The number of H-pyrrole nitrogens is 2. The van der Waals surface area contributed by atoms with Gasteiger partial charge >= 0.3 is 5.97 Å². The number of carbonyl (C=O) groups excluding carboxylic acids is 3. The number of carbonyl (C=O) groups is 4. The molecule has 0 spiro atoms. The second kappa shape index (κ2) is 28.4. The maximum atomic E-state index is 13.9. The molecular formula is C56H66N12O5. The van der Waals surface area contributed by atoms with Crippen LogP contribution in [-0.2, 0) is 15.6 Å². The van der Waals surface area contributed by atoms with Gasteiger partial charge in [-0.25, -0.2) is 21.3 Å². The van der Waals surface area contributed by atoms with Crippen molar-refractivity contribution in [1.29, 1.82) is 0 Å². The number of hydrogen-bond donors (Lipinski definition) is 5. The van der Waals surface area contributed by atoms with Gasteiger partial charge in [-0.1, -0.05) is 117 Å². The molecule has 1 atom stereocenters. The minimum Gasteiger partial charge on any atom is -0.477 e. The number of aromatic carboxylic acids is 1. The number of nitrogens with one attached hydrogen (secondary N) is 3. The average Bonchev–Trinajstić information content (AvgIpc) is 4.16. The van der Waals surface area contributed by atoms with Crippen LogP contribution in [0.25, 0.3) is 14.5 Å². The highest BCUT2D eigenvalue weighted by molar-refractivity contribution is 6.09. The number of aromatic amines is 2. The Bertz CT molecular complexity index is 2780. The van der Waals surface area contributed by atoms with Gasteiger partial charge in [0.15, 0.2) is 0 Å². The second-order valence-corrected chi connectivity index (χ2v) is 19.4. The van der Waals surface area contributed by atoms with Crippen LogP contribution in [0.5, 0.6) is 0 Å². The fraction of sp³-hybridized carbons (Fsp3) is 0.375. The molecule has 0 bridgehead atoms. The molecule has 380 valence electrons. The van der Waals surface area contributed by atoms with E-state index in [-0.39, 0.29) is 45.8 Å². The molecule has 6 N–H and O–H groups in total. The van der Waals surface area contributed by atoms with Crippen molar-refractivity contribution in [2.24, 2.45) is 0 Å². The topological polar surface area (TPSA) is 226 Å². The van der Waals surface area contributed by atoms with Crippen LogP contribution in [0.4, 0.5) is 23.0 Å². The van der Waals surface area contributed by atoms with Gasteiger partial charge in [0.1, 0.15) is 36.1 Å². The lowest BCUT2D eigenvalue weighted by atomic mass is 9.87. The number of carboxylic acid groups (broad SMARTS) is 1. The summed E-state index contributed by atoms with van der Waals surface area (Å²) in [6, 6.07) is 21.6. The van der Waals surface area contributed by atoms with E-state index in [0.29, 0.717) is 29.1 Å². The number of aldehydes is 1. The molecule has 17 heteroatoms. The summed E-state index contributed by atoms with van der Waals surface area (Å²) in [5.74, 6) is -1.47. The lowest BCUT2D eigenvalue weighted by Crippen LogP contribution is -2.47. The second-order valence-electron chi connectivity index (χ2n) is 19.4. The third-order valence-electron chi connectivity index (χ3n) is 11.9. The number of benzene rings is 2. The van der Waals surface area contributed by atoms with Gasteiger partial charge in [-0.2, -0.15) is 0 Å². The minimum absolute atomic E-state index is 0.0363. The third-order valence-corrected chi connectivity index (χ3v) is 11.9. The predicted octanol–water partition coefficient (Wildman–Crippen LogP) is 11.8. The molecule has 2 amide bonds. The summed E-state index contributed by atoms with van der Waals surface area (Å²) in [7, 11) is 0. The van der Waals surface area contributed by atoms with Gasteiger partial charge in [-0.3, -0.25) is 19.3 Å². The lowest BCUT2D eigenvalue weighted by Gasteiger charge is -2.34. The molecule has 2 saturated carbocycles. The Balaban J connectivity index is 0.000000249. The van der Waals surface area contributed by atoms with E-state index in [1.54, 1.807) is 24.3 Å². The Labute approximate surface area is 428 Å². The summed E-state index contributed by atoms with van der Waals surface area (Å²) >= 11 is 0. The van der Waals surface area contributed by atoms with E-state index >= 15 is 0 Å². The SMILES string of the molecule is CC(C)(C)c1ccc(N)cc1.O=C(O)c1cnc[nH]1.[C-]#[N+]C1CCCCC1.[C-]#[N+]c1ncccc1C(C(=O)NC1CCCCC1)N(C(=O)c1cnc[nH]1)c1ccc(C(C)(C)C)cc1.[C-]#[N+]c1ncccc1C=O. The maximum absolute atomic E-state index is 13.9. The number of pyridine rings is 2. The number of amides is 2. The molecule has 17 nitrogen and oxygen atoms in total. The fourth-order valence-electron chi connectivity index (χ4n) is 7.81. The molecular weight excluding hydrogens is 921 g/mol. The van der Waals surface area contributed by atoms with E-state index in [4.69, 9.17) is 30.6 Å².